The summed E-state index contributed by atoms with van der Waals surface area (Å²) < 4.78 is 0. The van der Waals surface area contributed by atoms with Crippen LogP contribution in [0.1, 0.15) is 12.5 Å². The number of nitrogens with zero attached hydrogens (tertiary/aromatic N) is 1. The number of halogens is 2. The van der Waals surface area contributed by atoms with E-state index in [1.165, 1.54) is 19.1 Å². The van der Waals surface area contributed by atoms with E-state index in [9.17, 15) is 9.59 Å². The van der Waals surface area contributed by atoms with E-state index in [1.54, 1.807) is 0 Å². The Morgan fingerprint density at radius 1 is 1.41 bits per heavy atom. The number of rotatable bonds is 4. The molecule has 92 valence electrons. The summed E-state index contributed by atoms with van der Waals surface area (Å²) in [4.78, 5) is 25.5. The summed E-state index contributed by atoms with van der Waals surface area (Å²) in [7, 11) is 0. The Balaban J connectivity index is 2.85. The van der Waals surface area contributed by atoms with Crippen LogP contribution in [0.5, 0.6) is 0 Å². The van der Waals surface area contributed by atoms with Crippen molar-refractivity contribution in [2.24, 2.45) is 0 Å². The van der Waals surface area contributed by atoms with Crippen LogP contribution in [0.25, 0.3) is 0 Å². The quantitative estimate of drug-likeness (QED) is 0.818. The molecule has 2 N–H and O–H groups in total. The number of pyridine rings is 1. The maximum Gasteiger partial charge on any atom is 0.326 e. The molecule has 17 heavy (non-hydrogen) atoms. The average Bonchev–Trinajstić information content (AvgIpc) is 2.13. The van der Waals surface area contributed by atoms with Gasteiger partial charge in [0.1, 0.15) is 16.3 Å². The zero-order valence-electron chi connectivity index (χ0n) is 8.91. The second-order valence-electron chi connectivity index (χ2n) is 3.42. The number of hydrogen-bond acceptors (Lipinski definition) is 3. The number of nitrogens with one attached hydrogen (secondary N) is 1. The molecule has 0 aliphatic rings. The predicted molar refractivity (Wildman–Crippen MR) is 63.2 cm³/mol. The third kappa shape index (κ3) is 4.58. The van der Waals surface area contributed by atoms with E-state index >= 15 is 0 Å². The smallest absolute Gasteiger partial charge is 0.326 e. The van der Waals surface area contributed by atoms with Gasteiger partial charge in [0.05, 0.1) is 0 Å². The van der Waals surface area contributed by atoms with E-state index in [1.807, 2.05) is 0 Å². The highest BCUT2D eigenvalue weighted by atomic mass is 35.5. The predicted octanol–water partition coefficient (Wildman–Crippen LogP) is 1.52. The van der Waals surface area contributed by atoms with Crippen molar-refractivity contribution in [3.63, 3.8) is 0 Å². The molecule has 0 spiro atoms. The lowest BCUT2D eigenvalue weighted by Gasteiger charge is -2.13. The van der Waals surface area contributed by atoms with E-state index in [0.29, 0.717) is 5.56 Å². The van der Waals surface area contributed by atoms with Gasteiger partial charge in [0, 0.05) is 13.3 Å². The molecule has 1 rings (SSSR count). The molecule has 0 bridgehead atoms. The Bertz CT molecular complexity index is 431. The molecule has 1 atom stereocenters. The van der Waals surface area contributed by atoms with Crippen LogP contribution < -0.4 is 5.32 Å². The number of carbonyl (C=O) groups is 2. The molecule has 7 heteroatoms. The number of carboxylic acid groups (broad SMARTS) is 1. The van der Waals surface area contributed by atoms with E-state index in [4.69, 9.17) is 28.3 Å². The normalized spacial score (nSPS) is 11.9. The van der Waals surface area contributed by atoms with E-state index < -0.39 is 17.9 Å². The molecule has 1 unspecified atom stereocenters. The van der Waals surface area contributed by atoms with E-state index in [-0.39, 0.29) is 16.7 Å². The first-order valence-corrected chi connectivity index (χ1v) is 5.46. The molecular formula is C10H10Cl2N2O3. The molecule has 0 aromatic carbocycles. The minimum absolute atomic E-state index is 0.0941. The third-order valence-corrected chi connectivity index (χ3v) is 2.33. The van der Waals surface area contributed by atoms with Crippen LogP contribution in [0.4, 0.5) is 0 Å². The number of hydrogen-bond donors (Lipinski definition) is 2. The van der Waals surface area contributed by atoms with Crippen molar-refractivity contribution in [2.45, 2.75) is 19.4 Å². The monoisotopic (exact) mass is 276 g/mol. The fourth-order valence-corrected chi connectivity index (χ4v) is 1.82. The van der Waals surface area contributed by atoms with Crippen LogP contribution in [0, 0.1) is 0 Å². The van der Waals surface area contributed by atoms with Gasteiger partial charge >= 0.3 is 5.97 Å². The zero-order chi connectivity index (χ0) is 13.0. The van der Waals surface area contributed by atoms with Crippen molar-refractivity contribution < 1.29 is 14.7 Å². The van der Waals surface area contributed by atoms with Gasteiger partial charge in [-0.25, -0.2) is 9.78 Å². The van der Waals surface area contributed by atoms with E-state index in [2.05, 4.69) is 10.3 Å². The Hall–Kier alpha value is -1.33. The molecule has 0 aliphatic heterocycles. The maximum absolute atomic E-state index is 10.9. The molecular weight excluding hydrogens is 267 g/mol. The lowest BCUT2D eigenvalue weighted by Crippen LogP contribution is -2.41. The maximum atomic E-state index is 10.9. The molecule has 0 fully saturated rings. The molecule has 1 amide bonds. The summed E-state index contributed by atoms with van der Waals surface area (Å²) in [6.07, 6.45) is 0.0941. The molecule has 5 nitrogen and oxygen atoms in total. The van der Waals surface area contributed by atoms with Crippen molar-refractivity contribution in [1.82, 2.24) is 10.3 Å². The highest BCUT2D eigenvalue weighted by Crippen LogP contribution is 2.16. The summed E-state index contributed by atoms with van der Waals surface area (Å²) in [5.41, 5.74) is 0.594. The standard InChI is InChI=1S/C10H10Cl2N2O3/c1-5(15)13-7(10(16)17)2-6-3-8(11)14-9(12)4-6/h3-4,7H,2H2,1H3,(H,13,15)(H,16,17). The lowest BCUT2D eigenvalue weighted by molar-refractivity contribution is -0.141. The summed E-state index contributed by atoms with van der Waals surface area (Å²) in [6, 6.07) is 2.00. The second kappa shape index (κ2) is 5.84. The second-order valence-corrected chi connectivity index (χ2v) is 4.19. The number of carboxylic acids is 1. The van der Waals surface area contributed by atoms with Crippen LogP contribution in [-0.4, -0.2) is 28.0 Å². The van der Waals surface area contributed by atoms with Crippen LogP contribution in [0.2, 0.25) is 10.3 Å². The van der Waals surface area contributed by atoms with Gasteiger partial charge < -0.3 is 10.4 Å². The molecule has 0 aliphatic carbocycles. The number of aromatic nitrogens is 1. The number of carbonyl (C=O) groups excluding carboxylic acids is 1. The topological polar surface area (TPSA) is 79.3 Å². The SMILES string of the molecule is CC(=O)NC(Cc1cc(Cl)nc(Cl)c1)C(=O)O. The average molecular weight is 277 g/mol. The first kappa shape index (κ1) is 13.7. The summed E-state index contributed by atoms with van der Waals surface area (Å²) >= 11 is 11.4. The zero-order valence-corrected chi connectivity index (χ0v) is 10.4. The fourth-order valence-electron chi connectivity index (χ4n) is 1.31. The van der Waals surface area contributed by atoms with Crippen molar-refractivity contribution in [3.05, 3.63) is 28.0 Å². The van der Waals surface area contributed by atoms with Crippen molar-refractivity contribution in [2.75, 3.05) is 0 Å². The highest BCUT2D eigenvalue weighted by Gasteiger charge is 2.19. The Morgan fingerprint density at radius 3 is 2.35 bits per heavy atom. The van der Waals surface area contributed by atoms with Gasteiger partial charge in [-0.15, -0.1) is 0 Å². The van der Waals surface area contributed by atoms with Gasteiger partial charge in [-0.1, -0.05) is 23.2 Å². The van der Waals surface area contributed by atoms with Gasteiger partial charge in [0.25, 0.3) is 0 Å². The van der Waals surface area contributed by atoms with Gasteiger partial charge in [-0.2, -0.15) is 0 Å². The molecule has 0 saturated heterocycles. The Kier molecular flexibility index (Phi) is 4.72. The Morgan fingerprint density at radius 2 is 1.94 bits per heavy atom. The summed E-state index contributed by atoms with van der Waals surface area (Å²) in [5, 5.41) is 11.6. The molecule has 1 aromatic rings. The lowest BCUT2D eigenvalue weighted by atomic mass is 10.1. The highest BCUT2D eigenvalue weighted by molar-refractivity contribution is 6.32. The van der Waals surface area contributed by atoms with Crippen molar-refractivity contribution >= 4 is 35.1 Å². The molecule has 0 radical (unpaired) electrons. The summed E-state index contributed by atoms with van der Waals surface area (Å²) in [6.45, 7) is 1.25. The molecule has 1 heterocycles. The minimum Gasteiger partial charge on any atom is -0.480 e. The van der Waals surface area contributed by atoms with Crippen molar-refractivity contribution in [3.8, 4) is 0 Å². The van der Waals surface area contributed by atoms with E-state index in [0.717, 1.165) is 0 Å². The van der Waals surface area contributed by atoms with Gasteiger partial charge in [0.2, 0.25) is 5.91 Å². The van der Waals surface area contributed by atoms with Crippen LogP contribution in [0.15, 0.2) is 12.1 Å². The number of aliphatic carboxylic acids is 1. The summed E-state index contributed by atoms with van der Waals surface area (Å²) in [5.74, 6) is -1.53. The molecule has 1 aromatic heterocycles. The minimum atomic E-state index is -1.12. The van der Waals surface area contributed by atoms with Gasteiger partial charge in [-0.05, 0) is 17.7 Å². The first-order chi connectivity index (χ1) is 7.88. The van der Waals surface area contributed by atoms with Gasteiger partial charge in [-0.3, -0.25) is 4.79 Å². The van der Waals surface area contributed by atoms with Crippen LogP contribution in [0.3, 0.4) is 0 Å². The largest absolute Gasteiger partial charge is 0.480 e. The Labute approximate surface area is 108 Å². The third-order valence-electron chi connectivity index (χ3n) is 1.94. The molecule has 0 saturated carbocycles. The fraction of sp³-hybridized carbons (Fsp3) is 0.300. The van der Waals surface area contributed by atoms with Crippen molar-refractivity contribution in [1.29, 1.82) is 0 Å². The van der Waals surface area contributed by atoms with Crippen LogP contribution in [-0.2, 0) is 16.0 Å². The number of amides is 1. The van der Waals surface area contributed by atoms with Gasteiger partial charge in [0.15, 0.2) is 0 Å². The first-order valence-electron chi connectivity index (χ1n) is 4.70. The van der Waals surface area contributed by atoms with Crippen LogP contribution >= 0.6 is 23.2 Å².